The number of aliphatic hydroxyl groups is 2. The molecule has 0 aromatic heterocycles. The average molecular weight is 292 g/mol. The molecule has 15 heavy (non-hydrogen) atoms. The second kappa shape index (κ2) is 9.99. The maximum atomic E-state index is 8.57. The molecule has 0 aromatic carbocycles. The van der Waals surface area contributed by atoms with Crippen molar-refractivity contribution in [3.05, 3.63) is 0 Å². The standard InChI is InChI=1S/2C6H12O.Zr/c2*7-5-6-3-1-2-4-6;/h2*6-7H,1-5H2;. The van der Waals surface area contributed by atoms with Crippen LogP contribution in [0.2, 0.25) is 0 Å². The number of hydrogen-bond acceptors (Lipinski definition) is 2. The first-order valence-electron chi connectivity index (χ1n) is 6.08. The molecule has 2 aliphatic rings. The van der Waals surface area contributed by atoms with Crippen molar-refractivity contribution < 1.29 is 36.4 Å². The van der Waals surface area contributed by atoms with Gasteiger partial charge in [0.1, 0.15) is 0 Å². The van der Waals surface area contributed by atoms with Crippen LogP contribution in [0, 0.1) is 11.8 Å². The Balaban J connectivity index is 0.000000245. The molecule has 0 radical (unpaired) electrons. The van der Waals surface area contributed by atoms with Gasteiger partial charge >= 0.3 is 0 Å². The van der Waals surface area contributed by atoms with Crippen molar-refractivity contribution in [2.24, 2.45) is 11.8 Å². The predicted molar refractivity (Wildman–Crippen MR) is 58.1 cm³/mol. The van der Waals surface area contributed by atoms with E-state index in [4.69, 9.17) is 10.2 Å². The van der Waals surface area contributed by atoms with Gasteiger partial charge in [-0.2, -0.15) is 0 Å². The fraction of sp³-hybridized carbons (Fsp3) is 1.00. The largest absolute Gasteiger partial charge is 0.396 e. The van der Waals surface area contributed by atoms with E-state index in [0.717, 1.165) is 0 Å². The van der Waals surface area contributed by atoms with Crippen LogP contribution in [0.4, 0.5) is 0 Å². The van der Waals surface area contributed by atoms with Crippen LogP contribution in [0.3, 0.4) is 0 Å². The van der Waals surface area contributed by atoms with Gasteiger partial charge in [-0.25, -0.2) is 0 Å². The molecule has 0 saturated heterocycles. The van der Waals surface area contributed by atoms with Gasteiger partial charge in [-0.3, -0.25) is 0 Å². The molecular formula is C12H24O2Zr. The molecule has 88 valence electrons. The van der Waals surface area contributed by atoms with E-state index in [1.165, 1.54) is 51.4 Å². The summed E-state index contributed by atoms with van der Waals surface area (Å²) in [6, 6.07) is 0. The van der Waals surface area contributed by atoms with Crippen molar-refractivity contribution in [2.45, 2.75) is 51.4 Å². The first kappa shape index (κ1) is 15.8. The van der Waals surface area contributed by atoms with Crippen LogP contribution in [0.25, 0.3) is 0 Å². The molecule has 2 nitrogen and oxygen atoms in total. The van der Waals surface area contributed by atoms with E-state index in [0.29, 0.717) is 25.0 Å². The van der Waals surface area contributed by atoms with E-state index in [1.54, 1.807) is 0 Å². The molecule has 0 aromatic rings. The molecule has 0 aliphatic heterocycles. The summed E-state index contributed by atoms with van der Waals surface area (Å²) in [4.78, 5) is 0. The summed E-state index contributed by atoms with van der Waals surface area (Å²) in [5.74, 6) is 1.31. The van der Waals surface area contributed by atoms with Crippen molar-refractivity contribution in [1.29, 1.82) is 0 Å². The van der Waals surface area contributed by atoms with Gasteiger partial charge < -0.3 is 10.2 Å². The monoisotopic (exact) mass is 290 g/mol. The minimum Gasteiger partial charge on any atom is -0.396 e. The van der Waals surface area contributed by atoms with E-state index >= 15 is 0 Å². The molecule has 2 fully saturated rings. The maximum absolute atomic E-state index is 8.57. The average Bonchev–Trinajstić information content (AvgIpc) is 2.92. The molecule has 0 bridgehead atoms. The minimum absolute atomic E-state index is 0. The third-order valence-corrected chi connectivity index (χ3v) is 3.47. The third-order valence-electron chi connectivity index (χ3n) is 3.47. The molecule has 2 N–H and O–H groups in total. The minimum atomic E-state index is 0. The van der Waals surface area contributed by atoms with Crippen LogP contribution in [0.5, 0.6) is 0 Å². The molecule has 2 aliphatic carbocycles. The predicted octanol–water partition coefficient (Wildman–Crippen LogP) is 2.34. The van der Waals surface area contributed by atoms with Gasteiger partial charge in [-0.1, -0.05) is 25.7 Å². The summed E-state index contributed by atoms with van der Waals surface area (Å²) in [7, 11) is 0. The first-order valence-corrected chi connectivity index (χ1v) is 6.08. The van der Waals surface area contributed by atoms with Crippen molar-refractivity contribution in [3.63, 3.8) is 0 Å². The molecular weight excluding hydrogens is 267 g/mol. The van der Waals surface area contributed by atoms with Crippen LogP contribution < -0.4 is 0 Å². The zero-order valence-electron chi connectivity index (χ0n) is 9.62. The third kappa shape index (κ3) is 6.86. The Morgan fingerprint density at radius 3 is 1.07 bits per heavy atom. The number of aliphatic hydroxyl groups excluding tert-OH is 2. The fourth-order valence-corrected chi connectivity index (χ4v) is 2.39. The Labute approximate surface area is 113 Å². The first-order chi connectivity index (χ1) is 6.86. The molecule has 0 unspecified atom stereocenters. The summed E-state index contributed by atoms with van der Waals surface area (Å²) in [5, 5.41) is 17.1. The van der Waals surface area contributed by atoms with Gasteiger partial charge in [-0.05, 0) is 37.5 Å². The molecule has 2 saturated carbocycles. The Kier molecular flexibility index (Phi) is 10.5. The zero-order chi connectivity index (χ0) is 10.2. The van der Waals surface area contributed by atoms with Gasteiger partial charge in [0.25, 0.3) is 0 Å². The molecule has 0 spiro atoms. The molecule has 0 atom stereocenters. The number of rotatable bonds is 2. The Bertz CT molecular complexity index is 114. The van der Waals surface area contributed by atoms with Gasteiger partial charge in [0.2, 0.25) is 0 Å². The summed E-state index contributed by atoms with van der Waals surface area (Å²) >= 11 is 0. The second-order valence-corrected chi connectivity index (χ2v) is 4.67. The van der Waals surface area contributed by atoms with E-state index in [1.807, 2.05) is 0 Å². The van der Waals surface area contributed by atoms with E-state index in [2.05, 4.69) is 0 Å². The van der Waals surface area contributed by atoms with E-state index in [-0.39, 0.29) is 26.2 Å². The van der Waals surface area contributed by atoms with Crippen LogP contribution in [0.15, 0.2) is 0 Å². The van der Waals surface area contributed by atoms with E-state index < -0.39 is 0 Å². The van der Waals surface area contributed by atoms with Crippen LogP contribution >= 0.6 is 0 Å². The summed E-state index contributed by atoms with van der Waals surface area (Å²) in [6.45, 7) is 0.833. The van der Waals surface area contributed by atoms with Crippen LogP contribution in [-0.2, 0) is 26.2 Å². The maximum Gasteiger partial charge on any atom is 0.0459 e. The Morgan fingerprint density at radius 2 is 0.933 bits per heavy atom. The van der Waals surface area contributed by atoms with Gasteiger partial charge in [0, 0.05) is 39.4 Å². The summed E-state index contributed by atoms with van der Waals surface area (Å²) in [5.41, 5.74) is 0. The zero-order valence-corrected chi connectivity index (χ0v) is 12.1. The van der Waals surface area contributed by atoms with Crippen molar-refractivity contribution in [2.75, 3.05) is 13.2 Å². The smallest absolute Gasteiger partial charge is 0.0459 e. The Morgan fingerprint density at radius 1 is 0.667 bits per heavy atom. The van der Waals surface area contributed by atoms with Crippen molar-refractivity contribution >= 4 is 0 Å². The molecule has 2 rings (SSSR count). The summed E-state index contributed by atoms with van der Waals surface area (Å²) in [6.07, 6.45) is 10.4. The fourth-order valence-electron chi connectivity index (χ4n) is 2.39. The van der Waals surface area contributed by atoms with Gasteiger partial charge in [0.15, 0.2) is 0 Å². The van der Waals surface area contributed by atoms with Crippen molar-refractivity contribution in [3.8, 4) is 0 Å². The molecule has 3 heteroatoms. The summed E-state index contributed by atoms with van der Waals surface area (Å²) < 4.78 is 0. The van der Waals surface area contributed by atoms with Crippen LogP contribution in [0.1, 0.15) is 51.4 Å². The topological polar surface area (TPSA) is 40.5 Å². The molecule has 0 heterocycles. The normalized spacial score (nSPS) is 22.0. The van der Waals surface area contributed by atoms with Crippen LogP contribution in [-0.4, -0.2) is 23.4 Å². The van der Waals surface area contributed by atoms with Gasteiger partial charge in [-0.15, -0.1) is 0 Å². The number of hydrogen-bond donors (Lipinski definition) is 2. The quantitative estimate of drug-likeness (QED) is 0.820. The van der Waals surface area contributed by atoms with Gasteiger partial charge in [0.05, 0.1) is 0 Å². The SMILES string of the molecule is OCC1CCCC1.OCC1CCCC1.[Zr]. The van der Waals surface area contributed by atoms with E-state index in [9.17, 15) is 0 Å². The Hall–Kier alpha value is 0.803. The molecule has 0 amide bonds. The van der Waals surface area contributed by atoms with Crippen molar-refractivity contribution in [1.82, 2.24) is 0 Å². The second-order valence-electron chi connectivity index (χ2n) is 4.67.